The number of ether oxygens (including phenoxy) is 1. The first-order chi connectivity index (χ1) is 11.8. The molecule has 0 bridgehead atoms. The standard InChI is InChI=1S/C17H10O8/c18-5-8-12(20)9(6-19)14-11(13(8)21)16(23)15(22)7-3-1-2-4-10(7)17(16,24)25-14/h1-6,20-21,23-24H/t16-,17-/m1/s1. The molecule has 2 atom stereocenters. The van der Waals surface area contributed by atoms with Crippen LogP contribution in [0.25, 0.3) is 0 Å². The largest absolute Gasteiger partial charge is 0.506 e. The summed E-state index contributed by atoms with van der Waals surface area (Å²) in [5, 5.41) is 42.3. The Morgan fingerprint density at radius 3 is 2.24 bits per heavy atom. The number of benzene rings is 2. The summed E-state index contributed by atoms with van der Waals surface area (Å²) in [6.45, 7) is 0. The van der Waals surface area contributed by atoms with Gasteiger partial charge in [-0.1, -0.05) is 24.3 Å². The molecule has 1 heterocycles. The predicted molar refractivity (Wildman–Crippen MR) is 79.7 cm³/mol. The first kappa shape index (κ1) is 15.3. The third kappa shape index (κ3) is 1.42. The minimum absolute atomic E-state index is 0.0362. The van der Waals surface area contributed by atoms with Gasteiger partial charge in [0.2, 0.25) is 11.4 Å². The fourth-order valence-electron chi connectivity index (χ4n) is 3.48. The second kappa shape index (κ2) is 4.44. The lowest BCUT2D eigenvalue weighted by atomic mass is 9.84. The van der Waals surface area contributed by atoms with E-state index in [0.717, 1.165) is 0 Å². The lowest BCUT2D eigenvalue weighted by Crippen LogP contribution is -2.48. The second-order valence-electron chi connectivity index (χ2n) is 5.80. The zero-order chi connectivity index (χ0) is 18.1. The van der Waals surface area contributed by atoms with E-state index in [0.29, 0.717) is 0 Å². The van der Waals surface area contributed by atoms with Gasteiger partial charge >= 0.3 is 0 Å². The van der Waals surface area contributed by atoms with Crippen molar-refractivity contribution in [3.05, 3.63) is 52.1 Å². The van der Waals surface area contributed by atoms with Crippen molar-refractivity contribution in [2.45, 2.75) is 11.4 Å². The minimum Gasteiger partial charge on any atom is -0.506 e. The topological polar surface area (TPSA) is 141 Å². The predicted octanol–water partition coefficient (Wildman–Crippen LogP) is 0.344. The molecule has 2 aromatic carbocycles. The number of carbonyl (C=O) groups is 3. The first-order valence-corrected chi connectivity index (χ1v) is 7.13. The molecule has 1 aliphatic heterocycles. The summed E-state index contributed by atoms with van der Waals surface area (Å²) in [4.78, 5) is 35.3. The maximum Gasteiger partial charge on any atom is 0.277 e. The van der Waals surface area contributed by atoms with Crippen LogP contribution in [-0.4, -0.2) is 38.8 Å². The van der Waals surface area contributed by atoms with E-state index in [-0.39, 0.29) is 23.7 Å². The van der Waals surface area contributed by atoms with Gasteiger partial charge in [-0.3, -0.25) is 14.4 Å². The number of carbonyl (C=O) groups excluding carboxylic acids is 3. The van der Waals surface area contributed by atoms with Crippen LogP contribution in [-0.2, 0) is 11.4 Å². The van der Waals surface area contributed by atoms with Gasteiger partial charge in [0, 0.05) is 11.1 Å². The Kier molecular flexibility index (Phi) is 2.72. The fourth-order valence-corrected chi connectivity index (χ4v) is 3.48. The summed E-state index contributed by atoms with van der Waals surface area (Å²) in [7, 11) is 0. The van der Waals surface area contributed by atoms with Crippen LogP contribution in [0.4, 0.5) is 0 Å². The van der Waals surface area contributed by atoms with E-state index < -0.39 is 51.1 Å². The number of hydrogen-bond donors (Lipinski definition) is 4. The van der Waals surface area contributed by atoms with Gasteiger partial charge in [-0.15, -0.1) is 0 Å². The van der Waals surface area contributed by atoms with E-state index in [1.165, 1.54) is 24.3 Å². The normalized spacial score (nSPS) is 25.8. The molecule has 0 aromatic heterocycles. The molecule has 2 aliphatic rings. The van der Waals surface area contributed by atoms with Crippen LogP contribution < -0.4 is 4.74 Å². The summed E-state index contributed by atoms with van der Waals surface area (Å²) in [5.41, 5.74) is -4.80. The number of aldehydes is 2. The van der Waals surface area contributed by atoms with E-state index in [2.05, 4.69) is 0 Å². The number of phenolic OH excluding ortho intramolecular Hbond substituents is 2. The van der Waals surface area contributed by atoms with Crippen molar-refractivity contribution in [1.29, 1.82) is 0 Å². The Balaban J connectivity index is 2.15. The Morgan fingerprint density at radius 2 is 1.60 bits per heavy atom. The van der Waals surface area contributed by atoms with E-state index in [1.54, 1.807) is 0 Å². The van der Waals surface area contributed by atoms with E-state index in [1.807, 2.05) is 0 Å². The number of aliphatic hydroxyl groups is 2. The van der Waals surface area contributed by atoms with Crippen molar-refractivity contribution in [1.82, 2.24) is 0 Å². The van der Waals surface area contributed by atoms with E-state index >= 15 is 0 Å². The van der Waals surface area contributed by atoms with Gasteiger partial charge in [0.25, 0.3) is 5.79 Å². The van der Waals surface area contributed by atoms with Crippen LogP contribution >= 0.6 is 0 Å². The molecular weight excluding hydrogens is 332 g/mol. The van der Waals surface area contributed by atoms with E-state index in [4.69, 9.17) is 4.74 Å². The average Bonchev–Trinajstić information content (AvgIpc) is 2.93. The van der Waals surface area contributed by atoms with Gasteiger partial charge in [0.15, 0.2) is 12.6 Å². The zero-order valence-corrected chi connectivity index (χ0v) is 12.4. The quantitative estimate of drug-likeness (QED) is 0.573. The van der Waals surface area contributed by atoms with Crippen LogP contribution in [0.5, 0.6) is 17.2 Å². The Labute approximate surface area is 139 Å². The molecule has 0 saturated heterocycles. The highest BCUT2D eigenvalue weighted by molar-refractivity contribution is 6.11. The molecular formula is C17H10O8. The third-order valence-corrected chi connectivity index (χ3v) is 4.68. The number of rotatable bonds is 2. The lowest BCUT2D eigenvalue weighted by molar-refractivity contribution is -0.224. The monoisotopic (exact) mass is 342 g/mol. The molecule has 0 amide bonds. The number of phenols is 2. The number of Topliss-reactive ketones (excluding diaryl/α,β-unsaturated/α-hetero) is 1. The van der Waals surface area contributed by atoms with Gasteiger partial charge in [-0.05, 0) is 0 Å². The summed E-state index contributed by atoms with van der Waals surface area (Å²) in [6.07, 6.45) is 0.190. The van der Waals surface area contributed by atoms with Gasteiger partial charge in [-0.25, -0.2) is 0 Å². The molecule has 4 rings (SSSR count). The van der Waals surface area contributed by atoms with Crippen LogP contribution in [0.15, 0.2) is 24.3 Å². The molecule has 0 fully saturated rings. The average molecular weight is 342 g/mol. The number of aromatic hydroxyl groups is 2. The SMILES string of the molecule is O=Cc1c(O)c(C=O)c2c(c1O)[C@@]1(O)C(=O)c3ccccc3[C@@]1(O)O2. The molecule has 0 radical (unpaired) electrons. The molecule has 0 spiro atoms. The lowest BCUT2D eigenvalue weighted by Gasteiger charge is -2.28. The molecule has 4 N–H and O–H groups in total. The summed E-state index contributed by atoms with van der Waals surface area (Å²) >= 11 is 0. The maximum atomic E-state index is 12.8. The Morgan fingerprint density at radius 1 is 0.960 bits per heavy atom. The molecule has 2 aromatic rings. The maximum absolute atomic E-state index is 12.8. The number of ketones is 1. The molecule has 8 nitrogen and oxygen atoms in total. The highest BCUT2D eigenvalue weighted by Crippen LogP contribution is 2.62. The second-order valence-corrected chi connectivity index (χ2v) is 5.80. The number of fused-ring (bicyclic) bond motifs is 5. The van der Waals surface area contributed by atoms with Crippen molar-refractivity contribution in [3.8, 4) is 17.2 Å². The van der Waals surface area contributed by atoms with Crippen LogP contribution in [0, 0.1) is 0 Å². The highest BCUT2D eigenvalue weighted by atomic mass is 16.7. The fraction of sp³-hybridized carbons (Fsp3) is 0.118. The zero-order valence-electron chi connectivity index (χ0n) is 12.4. The molecule has 8 heteroatoms. The minimum atomic E-state index is -2.78. The van der Waals surface area contributed by atoms with Crippen molar-refractivity contribution in [3.63, 3.8) is 0 Å². The van der Waals surface area contributed by atoms with Crippen molar-refractivity contribution in [2.75, 3.05) is 0 Å². The molecule has 25 heavy (non-hydrogen) atoms. The molecule has 0 saturated carbocycles. The Hall–Kier alpha value is -3.23. The molecule has 126 valence electrons. The van der Waals surface area contributed by atoms with Crippen LogP contribution in [0.2, 0.25) is 0 Å². The summed E-state index contributed by atoms with van der Waals surface area (Å²) < 4.78 is 5.32. The van der Waals surface area contributed by atoms with Gasteiger partial charge < -0.3 is 25.2 Å². The Bertz CT molecular complexity index is 995. The highest BCUT2D eigenvalue weighted by Gasteiger charge is 2.72. The third-order valence-electron chi connectivity index (χ3n) is 4.68. The smallest absolute Gasteiger partial charge is 0.277 e. The van der Waals surface area contributed by atoms with E-state index in [9.17, 15) is 34.8 Å². The first-order valence-electron chi connectivity index (χ1n) is 7.13. The van der Waals surface area contributed by atoms with Crippen LogP contribution in [0.1, 0.15) is 42.2 Å². The summed E-state index contributed by atoms with van der Waals surface area (Å²) in [6, 6.07) is 5.70. The molecule has 1 aliphatic carbocycles. The van der Waals surface area contributed by atoms with Crippen molar-refractivity contribution >= 4 is 18.4 Å². The van der Waals surface area contributed by atoms with Gasteiger partial charge in [-0.2, -0.15) is 0 Å². The molecule has 0 unspecified atom stereocenters. The van der Waals surface area contributed by atoms with Crippen LogP contribution in [0.3, 0.4) is 0 Å². The van der Waals surface area contributed by atoms with Crippen molar-refractivity contribution < 1.29 is 39.5 Å². The van der Waals surface area contributed by atoms with Gasteiger partial charge in [0.1, 0.15) is 17.2 Å². The van der Waals surface area contributed by atoms with Gasteiger partial charge in [0.05, 0.1) is 16.7 Å². The number of hydrogen-bond acceptors (Lipinski definition) is 8. The summed E-state index contributed by atoms with van der Waals surface area (Å²) in [5.74, 6) is -5.99. The van der Waals surface area contributed by atoms with Crippen molar-refractivity contribution in [2.24, 2.45) is 0 Å².